The van der Waals surface area contributed by atoms with Gasteiger partial charge in [-0.3, -0.25) is 9.79 Å². The van der Waals surface area contributed by atoms with Crippen molar-refractivity contribution in [3.63, 3.8) is 0 Å². The van der Waals surface area contributed by atoms with Crippen molar-refractivity contribution in [3.8, 4) is 0 Å². The van der Waals surface area contributed by atoms with Crippen LogP contribution in [0.25, 0.3) is 0 Å². The maximum absolute atomic E-state index is 12.8. The van der Waals surface area contributed by atoms with Gasteiger partial charge >= 0.3 is 18.1 Å². The maximum Gasteiger partial charge on any atom is 0.433 e. The highest BCUT2D eigenvalue weighted by atomic mass is 19.4. The van der Waals surface area contributed by atoms with Gasteiger partial charge in [-0.25, -0.2) is 4.79 Å². The minimum atomic E-state index is -4.93. The fraction of sp³-hybridized carbons (Fsp3) is 0.545. The Bertz CT molecular complexity index is 465. The number of halogens is 3. The zero-order valence-corrected chi connectivity index (χ0v) is 10.5. The second-order valence-electron chi connectivity index (χ2n) is 4.21. The van der Waals surface area contributed by atoms with Gasteiger partial charge in [0.2, 0.25) is 0 Å². The number of methoxy groups -OCH3 is 1. The van der Waals surface area contributed by atoms with Crippen LogP contribution in [0.2, 0.25) is 0 Å². The van der Waals surface area contributed by atoms with Crippen molar-refractivity contribution in [2.45, 2.75) is 25.1 Å². The smallest absolute Gasteiger partial charge is 0.433 e. The highest BCUT2D eigenvalue weighted by molar-refractivity contribution is 6.21. The van der Waals surface area contributed by atoms with Crippen LogP contribution in [-0.2, 0) is 14.3 Å². The van der Waals surface area contributed by atoms with Crippen LogP contribution in [-0.4, -0.2) is 42.1 Å². The van der Waals surface area contributed by atoms with Crippen LogP contribution in [0.3, 0.4) is 0 Å². The Morgan fingerprint density at radius 2 is 1.95 bits per heavy atom. The molecule has 0 radical (unpaired) electrons. The fourth-order valence-electron chi connectivity index (χ4n) is 1.78. The van der Waals surface area contributed by atoms with Crippen LogP contribution in [0.1, 0.15) is 12.8 Å². The number of aliphatic imine (C=N–C) groups is 1. The van der Waals surface area contributed by atoms with Gasteiger partial charge in [0.1, 0.15) is 5.57 Å². The average molecular weight is 294 g/mol. The van der Waals surface area contributed by atoms with Gasteiger partial charge < -0.3 is 15.6 Å². The second-order valence-corrected chi connectivity index (χ2v) is 4.21. The summed E-state index contributed by atoms with van der Waals surface area (Å²) in [6.07, 6.45) is -4.40. The van der Waals surface area contributed by atoms with E-state index < -0.39 is 41.4 Å². The topological polar surface area (TPSA) is 102 Å². The molecule has 112 valence electrons. The molecule has 0 amide bonds. The molecule has 0 aliphatic heterocycles. The van der Waals surface area contributed by atoms with E-state index in [1.54, 1.807) is 0 Å². The third-order valence-electron chi connectivity index (χ3n) is 2.88. The molecule has 0 unspecified atom stereocenters. The largest absolute Gasteiger partial charge is 0.478 e. The predicted octanol–water partition coefficient (Wildman–Crippen LogP) is 0.868. The van der Waals surface area contributed by atoms with Gasteiger partial charge in [0.25, 0.3) is 0 Å². The Balaban J connectivity index is 2.90. The van der Waals surface area contributed by atoms with Crippen molar-refractivity contribution in [2.75, 3.05) is 7.11 Å². The van der Waals surface area contributed by atoms with E-state index in [1.165, 1.54) is 7.11 Å². The van der Waals surface area contributed by atoms with Crippen LogP contribution in [0.4, 0.5) is 13.2 Å². The number of carboxylic acid groups (broad SMARTS) is 1. The van der Waals surface area contributed by atoms with Crippen molar-refractivity contribution < 1.29 is 32.6 Å². The Morgan fingerprint density at radius 3 is 2.30 bits per heavy atom. The molecule has 1 aliphatic rings. The zero-order chi connectivity index (χ0) is 15.5. The van der Waals surface area contributed by atoms with Gasteiger partial charge in [0.05, 0.1) is 19.1 Å². The standard InChI is InChI=1S/C11H13F3N2O4/c1-20-10(19)5-2-6(3-5)16-8(11(12,13)14)7(4-15)9(17)18/h4-6H,2-3,15H2,1H3,(H,17,18). The van der Waals surface area contributed by atoms with Crippen molar-refractivity contribution in [2.24, 2.45) is 16.6 Å². The quantitative estimate of drug-likeness (QED) is 0.455. The first-order valence-electron chi connectivity index (χ1n) is 5.59. The number of aliphatic carboxylic acids is 1. The van der Waals surface area contributed by atoms with Crippen molar-refractivity contribution >= 4 is 17.7 Å². The Labute approximate surface area is 112 Å². The lowest BCUT2D eigenvalue weighted by atomic mass is 9.80. The van der Waals surface area contributed by atoms with Crippen LogP contribution < -0.4 is 5.73 Å². The second kappa shape index (κ2) is 5.93. The van der Waals surface area contributed by atoms with Gasteiger partial charge in [0, 0.05) is 6.20 Å². The summed E-state index contributed by atoms with van der Waals surface area (Å²) < 4.78 is 42.8. The molecule has 0 atom stereocenters. The number of esters is 1. The van der Waals surface area contributed by atoms with Gasteiger partial charge in [-0.1, -0.05) is 0 Å². The van der Waals surface area contributed by atoms with Crippen molar-refractivity contribution in [3.05, 3.63) is 11.8 Å². The summed E-state index contributed by atoms with van der Waals surface area (Å²) in [6, 6.07) is -0.773. The van der Waals surface area contributed by atoms with E-state index in [9.17, 15) is 22.8 Å². The molecule has 1 fully saturated rings. The minimum Gasteiger partial charge on any atom is -0.478 e. The number of hydrogen-bond donors (Lipinski definition) is 2. The summed E-state index contributed by atoms with van der Waals surface area (Å²) in [5.41, 5.74) is 2.25. The van der Waals surface area contributed by atoms with Gasteiger partial charge in [-0.2, -0.15) is 13.2 Å². The number of alkyl halides is 3. The summed E-state index contributed by atoms with van der Waals surface area (Å²) in [5.74, 6) is -2.83. The Kier molecular flexibility index (Phi) is 4.74. The van der Waals surface area contributed by atoms with E-state index in [-0.39, 0.29) is 12.8 Å². The van der Waals surface area contributed by atoms with Crippen LogP contribution >= 0.6 is 0 Å². The number of carbonyl (C=O) groups excluding carboxylic acids is 1. The lowest BCUT2D eigenvalue weighted by Crippen LogP contribution is -2.37. The maximum atomic E-state index is 12.8. The molecule has 0 aromatic carbocycles. The molecule has 20 heavy (non-hydrogen) atoms. The van der Waals surface area contributed by atoms with Gasteiger partial charge in [0.15, 0.2) is 5.71 Å². The first-order valence-corrected chi connectivity index (χ1v) is 5.59. The molecule has 0 bridgehead atoms. The zero-order valence-electron chi connectivity index (χ0n) is 10.5. The third kappa shape index (κ3) is 3.49. The first-order chi connectivity index (χ1) is 9.20. The first kappa shape index (κ1) is 16.0. The molecular weight excluding hydrogens is 281 g/mol. The molecule has 6 nitrogen and oxygen atoms in total. The van der Waals surface area contributed by atoms with Crippen LogP contribution in [0.15, 0.2) is 16.8 Å². The summed E-state index contributed by atoms with van der Waals surface area (Å²) >= 11 is 0. The predicted molar refractivity (Wildman–Crippen MR) is 61.9 cm³/mol. The minimum absolute atomic E-state index is 0.0870. The normalized spacial score (nSPS) is 24.0. The number of nitrogens with two attached hydrogens (primary N) is 1. The molecule has 0 saturated heterocycles. The molecule has 0 aromatic rings. The molecule has 0 heterocycles. The number of carboxylic acids is 1. The van der Waals surface area contributed by atoms with E-state index in [2.05, 4.69) is 9.73 Å². The molecule has 3 N–H and O–H groups in total. The van der Waals surface area contributed by atoms with E-state index >= 15 is 0 Å². The number of carbonyl (C=O) groups is 2. The molecule has 9 heteroatoms. The summed E-state index contributed by atoms with van der Waals surface area (Å²) in [7, 11) is 1.18. The molecule has 0 spiro atoms. The van der Waals surface area contributed by atoms with Crippen molar-refractivity contribution in [1.82, 2.24) is 0 Å². The van der Waals surface area contributed by atoms with E-state index in [4.69, 9.17) is 10.8 Å². The molecule has 0 aromatic heterocycles. The third-order valence-corrected chi connectivity index (χ3v) is 2.88. The number of ether oxygens (including phenoxy) is 1. The average Bonchev–Trinajstić information content (AvgIpc) is 2.28. The lowest BCUT2D eigenvalue weighted by Gasteiger charge is -2.31. The number of nitrogens with zero attached hydrogens (tertiary/aromatic N) is 1. The van der Waals surface area contributed by atoms with Crippen LogP contribution in [0.5, 0.6) is 0 Å². The Hall–Kier alpha value is -2.06. The van der Waals surface area contributed by atoms with E-state index in [0.29, 0.717) is 6.20 Å². The van der Waals surface area contributed by atoms with Crippen molar-refractivity contribution in [1.29, 1.82) is 0 Å². The SMILES string of the molecule is COC(=O)C1CC(N=C(C(=CN)C(=O)O)C(F)(F)F)C1. The number of hydrogen-bond acceptors (Lipinski definition) is 5. The monoisotopic (exact) mass is 294 g/mol. The molecular formula is C11H13F3N2O4. The fourth-order valence-corrected chi connectivity index (χ4v) is 1.78. The highest BCUT2D eigenvalue weighted by Gasteiger charge is 2.43. The summed E-state index contributed by atoms with van der Waals surface area (Å²) in [6.45, 7) is 0. The van der Waals surface area contributed by atoms with Gasteiger partial charge in [-0.05, 0) is 12.8 Å². The van der Waals surface area contributed by atoms with Crippen LogP contribution in [0, 0.1) is 5.92 Å². The van der Waals surface area contributed by atoms with E-state index in [1.807, 2.05) is 0 Å². The van der Waals surface area contributed by atoms with E-state index in [0.717, 1.165) is 0 Å². The summed E-state index contributed by atoms with van der Waals surface area (Å²) in [5, 5.41) is 8.69. The summed E-state index contributed by atoms with van der Waals surface area (Å²) in [4.78, 5) is 25.2. The number of rotatable bonds is 4. The Morgan fingerprint density at radius 1 is 1.40 bits per heavy atom. The molecule has 1 rings (SSSR count). The highest BCUT2D eigenvalue weighted by Crippen LogP contribution is 2.33. The van der Waals surface area contributed by atoms with Gasteiger partial charge in [-0.15, -0.1) is 0 Å². The molecule has 1 saturated carbocycles. The molecule has 1 aliphatic carbocycles. The lowest BCUT2D eigenvalue weighted by molar-refractivity contribution is -0.148.